The zero-order valence-corrected chi connectivity index (χ0v) is 13.8. The van der Waals surface area contributed by atoms with E-state index in [9.17, 15) is 9.59 Å². The summed E-state index contributed by atoms with van der Waals surface area (Å²) in [5.41, 5.74) is -0.654. The number of rotatable bonds is 2. The summed E-state index contributed by atoms with van der Waals surface area (Å²) in [6, 6.07) is -0.231. The first-order valence-electron chi connectivity index (χ1n) is 8.44. The molecule has 2 heterocycles. The summed E-state index contributed by atoms with van der Waals surface area (Å²) in [6.45, 7) is 8.02. The molecule has 2 saturated heterocycles. The van der Waals surface area contributed by atoms with Gasteiger partial charge in [-0.05, 0) is 32.6 Å². The Balaban J connectivity index is 1.72. The summed E-state index contributed by atoms with van der Waals surface area (Å²) < 4.78 is 5.72. The Morgan fingerprint density at radius 3 is 2.50 bits per heavy atom. The van der Waals surface area contributed by atoms with Crippen LogP contribution in [-0.2, 0) is 9.53 Å². The number of carbonyl (C=O) groups excluding carboxylic acids is 2. The van der Waals surface area contributed by atoms with Gasteiger partial charge in [0.05, 0.1) is 18.9 Å². The third kappa shape index (κ3) is 2.63. The molecule has 0 bridgehead atoms. The van der Waals surface area contributed by atoms with Gasteiger partial charge in [0.15, 0.2) is 0 Å². The van der Waals surface area contributed by atoms with E-state index in [1.54, 1.807) is 0 Å². The van der Waals surface area contributed by atoms with Crippen LogP contribution in [0.1, 0.15) is 46.5 Å². The van der Waals surface area contributed by atoms with Crippen LogP contribution in [0.4, 0.5) is 4.79 Å². The van der Waals surface area contributed by atoms with Gasteiger partial charge in [0, 0.05) is 13.1 Å². The fraction of sp³-hybridized carbons (Fsp3) is 0.875. The lowest BCUT2D eigenvalue weighted by atomic mass is 9.73. The molecule has 3 rings (SSSR count). The van der Waals surface area contributed by atoms with Crippen LogP contribution in [0.3, 0.4) is 0 Å². The molecule has 22 heavy (non-hydrogen) atoms. The Morgan fingerprint density at radius 2 is 1.86 bits per heavy atom. The lowest BCUT2D eigenvalue weighted by Gasteiger charge is -2.38. The second-order valence-corrected chi connectivity index (χ2v) is 7.22. The van der Waals surface area contributed by atoms with Gasteiger partial charge in [-0.25, -0.2) is 9.69 Å². The molecule has 0 unspecified atom stereocenters. The van der Waals surface area contributed by atoms with Crippen molar-refractivity contribution in [1.29, 1.82) is 0 Å². The average Bonchev–Trinajstić information content (AvgIpc) is 2.67. The predicted octanol–water partition coefficient (Wildman–Crippen LogP) is 1.55. The van der Waals surface area contributed by atoms with Gasteiger partial charge in [0.2, 0.25) is 0 Å². The molecule has 1 spiro atoms. The molecule has 0 radical (unpaired) electrons. The summed E-state index contributed by atoms with van der Waals surface area (Å²) in [7, 11) is 0. The molecule has 6 heteroatoms. The Kier molecular flexibility index (Phi) is 4.16. The van der Waals surface area contributed by atoms with Crippen LogP contribution in [0, 0.1) is 5.92 Å². The van der Waals surface area contributed by atoms with E-state index in [0.717, 1.165) is 38.8 Å². The van der Waals surface area contributed by atoms with E-state index in [-0.39, 0.29) is 30.1 Å². The zero-order chi connectivity index (χ0) is 15.9. The molecule has 0 aromatic rings. The van der Waals surface area contributed by atoms with Crippen LogP contribution in [-0.4, -0.2) is 59.2 Å². The first-order valence-corrected chi connectivity index (χ1v) is 8.44. The lowest BCUT2D eigenvalue weighted by Crippen LogP contribution is -2.55. The van der Waals surface area contributed by atoms with Crippen molar-refractivity contribution in [2.45, 2.75) is 64.2 Å². The van der Waals surface area contributed by atoms with E-state index < -0.39 is 5.54 Å². The SMILES string of the molecule is C[C@@H]1CN(CN2C(=O)N[C@]3(CCCC[C@H]3C)C2=O)C[C@H](C)O1. The molecule has 0 aromatic carbocycles. The molecule has 0 aromatic heterocycles. The van der Waals surface area contributed by atoms with E-state index >= 15 is 0 Å². The number of ether oxygens (including phenoxy) is 1. The number of urea groups is 1. The number of imide groups is 1. The predicted molar refractivity (Wildman–Crippen MR) is 82.2 cm³/mol. The number of nitrogens with zero attached hydrogens (tertiary/aromatic N) is 2. The molecule has 3 aliphatic rings. The van der Waals surface area contributed by atoms with Crippen molar-refractivity contribution in [1.82, 2.24) is 15.1 Å². The van der Waals surface area contributed by atoms with Gasteiger partial charge in [-0.2, -0.15) is 0 Å². The summed E-state index contributed by atoms with van der Waals surface area (Å²) >= 11 is 0. The molecule has 1 saturated carbocycles. The molecule has 124 valence electrons. The number of morpholine rings is 1. The first-order chi connectivity index (χ1) is 10.4. The van der Waals surface area contributed by atoms with E-state index in [1.807, 2.05) is 13.8 Å². The fourth-order valence-electron chi connectivity index (χ4n) is 4.22. The highest BCUT2D eigenvalue weighted by molar-refractivity contribution is 6.07. The third-order valence-electron chi connectivity index (χ3n) is 5.34. The molecule has 3 amide bonds. The van der Waals surface area contributed by atoms with Crippen molar-refractivity contribution in [3.8, 4) is 0 Å². The van der Waals surface area contributed by atoms with E-state index in [2.05, 4.69) is 17.1 Å². The minimum atomic E-state index is -0.654. The van der Waals surface area contributed by atoms with Crippen molar-refractivity contribution in [3.63, 3.8) is 0 Å². The highest BCUT2D eigenvalue weighted by atomic mass is 16.5. The van der Waals surface area contributed by atoms with Gasteiger partial charge in [0.25, 0.3) is 5.91 Å². The van der Waals surface area contributed by atoms with Gasteiger partial charge < -0.3 is 10.1 Å². The van der Waals surface area contributed by atoms with Crippen molar-refractivity contribution < 1.29 is 14.3 Å². The Labute approximate surface area is 132 Å². The number of hydrogen-bond donors (Lipinski definition) is 1. The second-order valence-electron chi connectivity index (χ2n) is 7.22. The maximum Gasteiger partial charge on any atom is 0.326 e. The van der Waals surface area contributed by atoms with Gasteiger partial charge in [-0.3, -0.25) is 9.69 Å². The van der Waals surface area contributed by atoms with Gasteiger partial charge in [0.1, 0.15) is 5.54 Å². The minimum Gasteiger partial charge on any atom is -0.373 e. The Hall–Kier alpha value is -1.14. The molecule has 2 aliphatic heterocycles. The van der Waals surface area contributed by atoms with Crippen molar-refractivity contribution in [2.75, 3.05) is 19.8 Å². The normalized spacial score (nSPS) is 40.3. The van der Waals surface area contributed by atoms with Crippen LogP contribution >= 0.6 is 0 Å². The van der Waals surface area contributed by atoms with Crippen LogP contribution in [0.2, 0.25) is 0 Å². The average molecular weight is 309 g/mol. The lowest BCUT2D eigenvalue weighted by molar-refractivity contribution is -0.138. The number of carbonyl (C=O) groups is 2. The number of amides is 3. The van der Waals surface area contributed by atoms with Crippen LogP contribution in [0.15, 0.2) is 0 Å². The third-order valence-corrected chi connectivity index (χ3v) is 5.34. The quantitative estimate of drug-likeness (QED) is 0.786. The molecule has 6 nitrogen and oxygen atoms in total. The standard InChI is InChI=1S/C16H27N3O3/c1-11-6-4-5-7-16(11)14(20)19(15(21)17-16)10-18-8-12(2)22-13(3)9-18/h11-13H,4-10H2,1-3H3,(H,17,21)/t11-,12-,13+,16+/m1/s1. The van der Waals surface area contributed by atoms with Crippen molar-refractivity contribution in [2.24, 2.45) is 5.92 Å². The monoisotopic (exact) mass is 309 g/mol. The Bertz CT molecular complexity index is 460. The van der Waals surface area contributed by atoms with Gasteiger partial charge in [-0.1, -0.05) is 19.8 Å². The molecule has 1 aliphatic carbocycles. The van der Waals surface area contributed by atoms with Crippen molar-refractivity contribution >= 4 is 11.9 Å². The van der Waals surface area contributed by atoms with E-state index in [1.165, 1.54) is 4.90 Å². The molecule has 3 fully saturated rings. The van der Waals surface area contributed by atoms with Crippen LogP contribution in [0.5, 0.6) is 0 Å². The van der Waals surface area contributed by atoms with Crippen LogP contribution in [0.25, 0.3) is 0 Å². The maximum absolute atomic E-state index is 12.9. The minimum absolute atomic E-state index is 0.0310. The zero-order valence-electron chi connectivity index (χ0n) is 13.8. The molecule has 1 N–H and O–H groups in total. The summed E-state index contributed by atoms with van der Waals surface area (Å²) in [5.74, 6) is 0.182. The van der Waals surface area contributed by atoms with Crippen LogP contribution < -0.4 is 5.32 Å². The fourth-order valence-corrected chi connectivity index (χ4v) is 4.22. The summed E-state index contributed by atoms with van der Waals surface area (Å²) in [5, 5.41) is 3.01. The van der Waals surface area contributed by atoms with Gasteiger partial charge >= 0.3 is 6.03 Å². The highest BCUT2D eigenvalue weighted by Crippen LogP contribution is 2.38. The highest BCUT2D eigenvalue weighted by Gasteiger charge is 2.55. The number of hydrogen-bond acceptors (Lipinski definition) is 4. The van der Waals surface area contributed by atoms with Crippen molar-refractivity contribution in [3.05, 3.63) is 0 Å². The first kappa shape index (κ1) is 15.7. The summed E-state index contributed by atoms with van der Waals surface area (Å²) in [6.07, 6.45) is 4.19. The topological polar surface area (TPSA) is 61.9 Å². The molecular formula is C16H27N3O3. The molecule has 4 atom stereocenters. The maximum atomic E-state index is 12.9. The smallest absolute Gasteiger partial charge is 0.326 e. The van der Waals surface area contributed by atoms with E-state index in [0.29, 0.717) is 6.67 Å². The second kappa shape index (κ2) is 5.81. The molecular weight excluding hydrogens is 282 g/mol. The Morgan fingerprint density at radius 1 is 1.18 bits per heavy atom. The number of nitrogens with one attached hydrogen (secondary N) is 1. The largest absolute Gasteiger partial charge is 0.373 e. The van der Waals surface area contributed by atoms with Gasteiger partial charge in [-0.15, -0.1) is 0 Å². The van der Waals surface area contributed by atoms with E-state index in [4.69, 9.17) is 4.74 Å². The summed E-state index contributed by atoms with van der Waals surface area (Å²) in [4.78, 5) is 28.9.